The second-order valence-corrected chi connectivity index (χ2v) is 6.38. The molecule has 1 fully saturated rings. The molecule has 1 aromatic carbocycles. The average Bonchev–Trinajstić information content (AvgIpc) is 3.09. The van der Waals surface area contributed by atoms with Gasteiger partial charge in [-0.15, -0.1) is 11.3 Å². The quantitative estimate of drug-likeness (QED) is 0.864. The highest BCUT2D eigenvalue weighted by Gasteiger charge is 2.32. The van der Waals surface area contributed by atoms with Gasteiger partial charge >= 0.3 is 0 Å². The molecule has 1 aliphatic rings. The molecule has 2 aromatic rings. The maximum Gasteiger partial charge on any atom is 0.123 e. The lowest BCUT2D eigenvalue weighted by atomic mass is 10.1. The van der Waals surface area contributed by atoms with Crippen LogP contribution in [-0.2, 0) is 0 Å². The van der Waals surface area contributed by atoms with Gasteiger partial charge in [0.25, 0.3) is 0 Å². The number of rotatable bonds is 4. The Balaban J connectivity index is 1.91. The molecule has 0 radical (unpaired) electrons. The van der Waals surface area contributed by atoms with Gasteiger partial charge in [-0.3, -0.25) is 0 Å². The third kappa shape index (κ3) is 2.58. The lowest BCUT2D eigenvalue weighted by molar-refractivity contribution is 0.537. The van der Waals surface area contributed by atoms with Crippen LogP contribution < -0.4 is 5.32 Å². The largest absolute Gasteiger partial charge is 0.312 e. The molecule has 0 saturated heterocycles. The van der Waals surface area contributed by atoms with E-state index in [9.17, 15) is 4.39 Å². The minimum atomic E-state index is -0.163. The van der Waals surface area contributed by atoms with Gasteiger partial charge in [0.05, 0.1) is 0 Å². The molecule has 0 amide bonds. The fourth-order valence-electron chi connectivity index (χ4n) is 2.61. The zero-order chi connectivity index (χ0) is 13.4. The van der Waals surface area contributed by atoms with E-state index in [1.54, 1.807) is 6.07 Å². The Bertz CT molecular complexity index is 586. The maximum atomic E-state index is 13.2. The number of nitrogens with one attached hydrogen (secondary N) is 1. The van der Waals surface area contributed by atoms with Crippen LogP contribution in [0.5, 0.6) is 0 Å². The minimum absolute atomic E-state index is 0.163. The van der Waals surface area contributed by atoms with Crippen LogP contribution in [0.4, 0.5) is 4.39 Å². The van der Waals surface area contributed by atoms with E-state index in [0.717, 1.165) is 17.0 Å². The molecule has 1 nitrogen and oxygen atoms in total. The summed E-state index contributed by atoms with van der Waals surface area (Å²) < 4.78 is 13.2. The maximum absolute atomic E-state index is 13.2. The van der Waals surface area contributed by atoms with Crippen LogP contribution in [0, 0.1) is 18.7 Å². The molecule has 0 spiro atoms. The topological polar surface area (TPSA) is 12.0 Å². The van der Waals surface area contributed by atoms with Gasteiger partial charge < -0.3 is 5.32 Å². The number of halogens is 1. The van der Waals surface area contributed by atoms with Crippen LogP contribution in [0.1, 0.15) is 29.3 Å². The number of hydrogen-bond donors (Lipinski definition) is 1. The Morgan fingerprint density at radius 3 is 2.68 bits per heavy atom. The molecule has 3 heteroatoms. The van der Waals surface area contributed by atoms with Crippen molar-refractivity contribution in [1.82, 2.24) is 5.32 Å². The first kappa shape index (κ1) is 12.8. The Morgan fingerprint density at radius 1 is 1.26 bits per heavy atom. The van der Waals surface area contributed by atoms with Crippen LogP contribution in [0.3, 0.4) is 0 Å². The average molecular weight is 275 g/mol. The molecule has 1 aliphatic carbocycles. The van der Waals surface area contributed by atoms with Crippen LogP contribution >= 0.6 is 11.3 Å². The van der Waals surface area contributed by atoms with Crippen LogP contribution in [0.2, 0.25) is 0 Å². The smallest absolute Gasteiger partial charge is 0.123 e. The van der Waals surface area contributed by atoms with E-state index in [1.807, 2.05) is 31.4 Å². The molecule has 3 rings (SSSR count). The molecule has 0 aliphatic heterocycles. The fraction of sp³-hybridized carbons (Fsp3) is 0.375. The van der Waals surface area contributed by atoms with Gasteiger partial charge in [0.15, 0.2) is 0 Å². The molecule has 1 saturated carbocycles. The van der Waals surface area contributed by atoms with Crippen LogP contribution in [-0.4, -0.2) is 7.05 Å². The van der Waals surface area contributed by atoms with Gasteiger partial charge in [-0.1, -0.05) is 6.07 Å². The Hall–Kier alpha value is -1.19. The number of benzene rings is 1. The summed E-state index contributed by atoms with van der Waals surface area (Å²) in [6.45, 7) is 1.97. The van der Waals surface area contributed by atoms with Crippen molar-refractivity contribution in [2.45, 2.75) is 25.8 Å². The number of aryl methyl sites for hydroxylation is 1. The van der Waals surface area contributed by atoms with Crippen molar-refractivity contribution >= 4 is 11.3 Å². The third-order valence-corrected chi connectivity index (χ3v) is 4.99. The SMILES string of the molecule is CNC(c1ccc(-c2ccc(F)cc2C)s1)C1CC1. The second-order valence-electron chi connectivity index (χ2n) is 5.27. The van der Waals surface area contributed by atoms with Gasteiger partial charge in [-0.05, 0) is 68.1 Å². The summed E-state index contributed by atoms with van der Waals surface area (Å²) in [5.41, 5.74) is 2.14. The van der Waals surface area contributed by atoms with E-state index < -0.39 is 0 Å². The molecular weight excluding hydrogens is 257 g/mol. The van der Waals surface area contributed by atoms with Gasteiger partial charge in [-0.25, -0.2) is 4.39 Å². The van der Waals surface area contributed by atoms with Crippen molar-refractivity contribution in [3.63, 3.8) is 0 Å². The standard InChI is InChI=1S/C16H18FNS/c1-10-9-12(17)5-6-13(10)14-7-8-15(19-14)16(18-2)11-3-4-11/h5-9,11,16,18H,3-4H2,1-2H3. The van der Waals surface area contributed by atoms with E-state index in [-0.39, 0.29) is 5.82 Å². The lowest BCUT2D eigenvalue weighted by Gasteiger charge is -2.12. The Labute approximate surface area is 117 Å². The molecule has 1 unspecified atom stereocenters. The first-order valence-corrected chi connectivity index (χ1v) is 7.54. The van der Waals surface area contributed by atoms with Gasteiger partial charge in [0, 0.05) is 15.8 Å². The zero-order valence-electron chi connectivity index (χ0n) is 11.2. The highest BCUT2D eigenvalue weighted by atomic mass is 32.1. The highest BCUT2D eigenvalue weighted by molar-refractivity contribution is 7.15. The summed E-state index contributed by atoms with van der Waals surface area (Å²) in [4.78, 5) is 2.62. The van der Waals surface area contributed by atoms with E-state index in [1.165, 1.54) is 28.7 Å². The molecule has 100 valence electrons. The highest BCUT2D eigenvalue weighted by Crippen LogP contribution is 2.44. The normalized spacial score (nSPS) is 16.6. The van der Waals surface area contributed by atoms with Crippen LogP contribution in [0.25, 0.3) is 10.4 Å². The predicted molar refractivity (Wildman–Crippen MR) is 79.0 cm³/mol. The van der Waals surface area contributed by atoms with Crippen molar-refractivity contribution in [2.24, 2.45) is 5.92 Å². The first-order valence-electron chi connectivity index (χ1n) is 6.72. The molecule has 0 bridgehead atoms. The van der Waals surface area contributed by atoms with E-state index in [4.69, 9.17) is 0 Å². The monoisotopic (exact) mass is 275 g/mol. The lowest BCUT2D eigenvalue weighted by Crippen LogP contribution is -2.16. The van der Waals surface area contributed by atoms with Crippen molar-refractivity contribution in [3.8, 4) is 10.4 Å². The third-order valence-electron chi connectivity index (χ3n) is 3.79. The predicted octanol–water partition coefficient (Wildman–Crippen LogP) is 4.53. The van der Waals surface area contributed by atoms with Crippen LogP contribution in [0.15, 0.2) is 30.3 Å². The molecule has 1 heterocycles. The molecule has 1 aromatic heterocycles. The second kappa shape index (κ2) is 5.06. The van der Waals surface area contributed by atoms with E-state index in [2.05, 4.69) is 17.4 Å². The summed E-state index contributed by atoms with van der Waals surface area (Å²) in [5.74, 6) is 0.634. The molecule has 19 heavy (non-hydrogen) atoms. The van der Waals surface area contributed by atoms with E-state index >= 15 is 0 Å². The Kier molecular flexibility index (Phi) is 3.42. The summed E-state index contributed by atoms with van der Waals surface area (Å²) in [6.07, 6.45) is 2.66. The van der Waals surface area contributed by atoms with E-state index in [0.29, 0.717) is 6.04 Å². The van der Waals surface area contributed by atoms with Gasteiger partial charge in [-0.2, -0.15) is 0 Å². The minimum Gasteiger partial charge on any atom is -0.312 e. The molecular formula is C16H18FNS. The van der Waals surface area contributed by atoms with Gasteiger partial charge in [0.1, 0.15) is 5.82 Å². The fourth-order valence-corrected chi connectivity index (χ4v) is 3.91. The summed E-state index contributed by atoms with van der Waals surface area (Å²) >= 11 is 1.82. The summed E-state index contributed by atoms with van der Waals surface area (Å²) in [7, 11) is 2.03. The summed E-state index contributed by atoms with van der Waals surface area (Å²) in [5, 5.41) is 3.42. The summed E-state index contributed by atoms with van der Waals surface area (Å²) in [6, 6.07) is 9.88. The van der Waals surface area contributed by atoms with Crippen molar-refractivity contribution in [3.05, 3.63) is 46.6 Å². The van der Waals surface area contributed by atoms with Gasteiger partial charge in [0.2, 0.25) is 0 Å². The number of hydrogen-bond acceptors (Lipinski definition) is 2. The number of thiophene rings is 1. The molecule has 1 N–H and O–H groups in total. The first-order chi connectivity index (χ1) is 9.19. The van der Waals surface area contributed by atoms with Crippen molar-refractivity contribution in [1.29, 1.82) is 0 Å². The zero-order valence-corrected chi connectivity index (χ0v) is 12.1. The molecule has 1 atom stereocenters. The Morgan fingerprint density at radius 2 is 2.05 bits per heavy atom. The van der Waals surface area contributed by atoms with Crippen molar-refractivity contribution < 1.29 is 4.39 Å². The van der Waals surface area contributed by atoms with Crippen molar-refractivity contribution in [2.75, 3.05) is 7.05 Å².